The van der Waals surface area contributed by atoms with Gasteiger partial charge in [0.25, 0.3) is 0 Å². The second-order valence-corrected chi connectivity index (χ2v) is 5.77. The first-order valence-corrected chi connectivity index (χ1v) is 7.56. The van der Waals surface area contributed by atoms with Crippen LogP contribution in [0.25, 0.3) is 0 Å². The average molecular weight is 401 g/mol. The number of methoxy groups -OCH3 is 1. The quantitative estimate of drug-likeness (QED) is 0.760. The van der Waals surface area contributed by atoms with Crippen LogP contribution in [0.1, 0.15) is 24.1 Å². The standard InChI is InChI=1S/C14H12BrClFN5O/c1-6(22-14-8(4-18)13(19)20-5-21-14)7-3-9(16)11(17)10(15)12(7)23-2/h3,5-6H,1-2H3,(H3,19,20,21,22). The minimum atomic E-state index is -0.608. The number of benzene rings is 1. The highest BCUT2D eigenvalue weighted by atomic mass is 79.9. The third kappa shape index (κ3) is 3.30. The van der Waals surface area contributed by atoms with Gasteiger partial charge in [-0.3, -0.25) is 0 Å². The van der Waals surface area contributed by atoms with Crippen molar-refractivity contribution >= 4 is 39.2 Å². The van der Waals surface area contributed by atoms with Crippen molar-refractivity contribution < 1.29 is 9.13 Å². The van der Waals surface area contributed by atoms with E-state index in [1.165, 1.54) is 19.5 Å². The lowest BCUT2D eigenvalue weighted by molar-refractivity contribution is 0.400. The molecule has 0 aliphatic heterocycles. The maximum absolute atomic E-state index is 13.9. The van der Waals surface area contributed by atoms with Crippen LogP contribution in [0.15, 0.2) is 16.9 Å². The topological polar surface area (TPSA) is 96.8 Å². The molecular weight excluding hydrogens is 389 g/mol. The van der Waals surface area contributed by atoms with E-state index in [0.717, 1.165) is 0 Å². The lowest BCUT2D eigenvalue weighted by Gasteiger charge is -2.20. The Labute approximate surface area is 145 Å². The number of nitrogen functional groups attached to an aromatic ring is 1. The van der Waals surface area contributed by atoms with E-state index in [0.29, 0.717) is 11.3 Å². The summed E-state index contributed by atoms with van der Waals surface area (Å²) in [5.74, 6) is 0.0319. The van der Waals surface area contributed by atoms with E-state index in [4.69, 9.17) is 27.3 Å². The fraction of sp³-hybridized carbons (Fsp3) is 0.214. The number of hydrogen-bond donors (Lipinski definition) is 2. The van der Waals surface area contributed by atoms with Crippen molar-refractivity contribution in [3.63, 3.8) is 0 Å². The van der Waals surface area contributed by atoms with Crippen LogP contribution in [0.3, 0.4) is 0 Å². The molecule has 1 unspecified atom stereocenters. The molecule has 0 bridgehead atoms. The Hall–Kier alpha value is -2.11. The highest BCUT2D eigenvalue weighted by Gasteiger charge is 2.21. The van der Waals surface area contributed by atoms with E-state index in [1.54, 1.807) is 6.92 Å². The molecule has 2 rings (SSSR count). The Morgan fingerprint density at radius 3 is 2.83 bits per heavy atom. The van der Waals surface area contributed by atoms with Gasteiger partial charge in [-0.2, -0.15) is 5.26 Å². The zero-order valence-electron chi connectivity index (χ0n) is 12.2. The fourth-order valence-electron chi connectivity index (χ4n) is 2.03. The predicted molar refractivity (Wildman–Crippen MR) is 88.9 cm³/mol. The molecule has 0 aliphatic carbocycles. The minimum absolute atomic E-state index is 0.0518. The first-order valence-electron chi connectivity index (χ1n) is 6.39. The number of aromatic nitrogens is 2. The molecule has 120 valence electrons. The molecule has 1 atom stereocenters. The molecule has 0 aliphatic rings. The van der Waals surface area contributed by atoms with Gasteiger partial charge in [0.2, 0.25) is 0 Å². The molecule has 1 heterocycles. The molecule has 23 heavy (non-hydrogen) atoms. The number of halogens is 3. The van der Waals surface area contributed by atoms with Crippen molar-refractivity contribution in [2.75, 3.05) is 18.2 Å². The van der Waals surface area contributed by atoms with E-state index in [1.807, 2.05) is 6.07 Å². The number of nitrogens with one attached hydrogen (secondary N) is 1. The lowest BCUT2D eigenvalue weighted by Crippen LogP contribution is -2.12. The predicted octanol–water partition coefficient (Wildman–Crippen LogP) is 3.67. The highest BCUT2D eigenvalue weighted by molar-refractivity contribution is 9.10. The summed E-state index contributed by atoms with van der Waals surface area (Å²) >= 11 is 9.02. The molecule has 0 fully saturated rings. The Bertz CT molecular complexity index is 796. The number of rotatable bonds is 4. The summed E-state index contributed by atoms with van der Waals surface area (Å²) in [6.45, 7) is 1.79. The van der Waals surface area contributed by atoms with Crippen LogP contribution >= 0.6 is 27.5 Å². The third-order valence-electron chi connectivity index (χ3n) is 3.16. The van der Waals surface area contributed by atoms with Gasteiger partial charge in [-0.25, -0.2) is 14.4 Å². The number of anilines is 2. The summed E-state index contributed by atoms with van der Waals surface area (Å²) in [4.78, 5) is 7.77. The van der Waals surface area contributed by atoms with Crippen molar-refractivity contribution in [3.05, 3.63) is 38.8 Å². The van der Waals surface area contributed by atoms with Crippen LogP contribution in [0.2, 0.25) is 5.02 Å². The van der Waals surface area contributed by atoms with Gasteiger partial charge >= 0.3 is 0 Å². The molecule has 0 amide bonds. The molecule has 6 nitrogen and oxygen atoms in total. The summed E-state index contributed by atoms with van der Waals surface area (Å²) in [7, 11) is 1.42. The van der Waals surface area contributed by atoms with Crippen LogP contribution in [-0.2, 0) is 0 Å². The first-order chi connectivity index (χ1) is 10.9. The SMILES string of the molecule is COc1c(C(C)Nc2ncnc(N)c2C#N)cc(Cl)c(F)c1Br. The summed E-state index contributed by atoms with van der Waals surface area (Å²) in [6, 6.07) is 3.01. The second kappa shape index (κ2) is 6.98. The molecule has 0 saturated carbocycles. The van der Waals surface area contributed by atoms with Crippen LogP contribution < -0.4 is 15.8 Å². The van der Waals surface area contributed by atoms with Gasteiger partial charge in [0.15, 0.2) is 5.82 Å². The molecule has 3 N–H and O–H groups in total. The van der Waals surface area contributed by atoms with Gasteiger partial charge < -0.3 is 15.8 Å². The smallest absolute Gasteiger partial charge is 0.159 e. The number of nitriles is 1. The molecular formula is C14H12BrClFN5O. The monoisotopic (exact) mass is 399 g/mol. The summed E-state index contributed by atoms with van der Waals surface area (Å²) in [6.07, 6.45) is 1.25. The zero-order valence-corrected chi connectivity index (χ0v) is 14.5. The van der Waals surface area contributed by atoms with Crippen LogP contribution in [0, 0.1) is 17.1 Å². The lowest BCUT2D eigenvalue weighted by atomic mass is 10.1. The average Bonchev–Trinajstić information content (AvgIpc) is 2.52. The maximum Gasteiger partial charge on any atom is 0.159 e. The Kier molecular flexibility index (Phi) is 5.23. The van der Waals surface area contributed by atoms with Gasteiger partial charge in [0, 0.05) is 5.56 Å². The maximum atomic E-state index is 13.9. The molecule has 0 radical (unpaired) electrons. The van der Waals surface area contributed by atoms with Gasteiger partial charge in [-0.15, -0.1) is 0 Å². The molecule has 2 aromatic rings. The Balaban J connectivity index is 2.45. The molecule has 0 saturated heterocycles. The number of ether oxygens (including phenoxy) is 1. The van der Waals surface area contributed by atoms with Gasteiger partial charge in [0.1, 0.15) is 35.3 Å². The van der Waals surface area contributed by atoms with Crippen molar-refractivity contribution in [1.29, 1.82) is 5.26 Å². The summed E-state index contributed by atoms with van der Waals surface area (Å²) in [5.41, 5.74) is 6.37. The first kappa shape index (κ1) is 17.2. The molecule has 1 aromatic carbocycles. The van der Waals surface area contributed by atoms with Gasteiger partial charge in [-0.1, -0.05) is 11.6 Å². The molecule has 1 aromatic heterocycles. The second-order valence-electron chi connectivity index (χ2n) is 4.57. The van der Waals surface area contributed by atoms with Crippen molar-refractivity contribution in [2.24, 2.45) is 0 Å². The molecule has 0 spiro atoms. The van der Waals surface area contributed by atoms with E-state index in [2.05, 4.69) is 31.2 Å². The molecule has 9 heteroatoms. The van der Waals surface area contributed by atoms with Crippen LogP contribution in [0.4, 0.5) is 16.0 Å². The van der Waals surface area contributed by atoms with Crippen molar-refractivity contribution in [1.82, 2.24) is 9.97 Å². The minimum Gasteiger partial charge on any atom is -0.495 e. The van der Waals surface area contributed by atoms with E-state index < -0.39 is 5.82 Å². The van der Waals surface area contributed by atoms with Gasteiger partial charge in [0.05, 0.1) is 22.6 Å². The zero-order chi connectivity index (χ0) is 17.1. The number of nitrogens with zero attached hydrogens (tertiary/aromatic N) is 3. The van der Waals surface area contributed by atoms with Crippen LogP contribution in [0.5, 0.6) is 5.75 Å². The largest absolute Gasteiger partial charge is 0.495 e. The van der Waals surface area contributed by atoms with Crippen LogP contribution in [-0.4, -0.2) is 17.1 Å². The fourth-order valence-corrected chi connectivity index (χ4v) is 2.96. The van der Waals surface area contributed by atoms with E-state index in [9.17, 15) is 4.39 Å². The number of hydrogen-bond acceptors (Lipinski definition) is 6. The normalized spacial score (nSPS) is 11.7. The van der Waals surface area contributed by atoms with E-state index >= 15 is 0 Å². The highest BCUT2D eigenvalue weighted by Crippen LogP contribution is 2.39. The van der Waals surface area contributed by atoms with E-state index in [-0.39, 0.29) is 32.7 Å². The van der Waals surface area contributed by atoms with Crippen molar-refractivity contribution in [2.45, 2.75) is 13.0 Å². The summed E-state index contributed by atoms with van der Waals surface area (Å²) < 4.78 is 19.2. The summed E-state index contributed by atoms with van der Waals surface area (Å²) in [5, 5.41) is 12.1. The Morgan fingerprint density at radius 2 is 2.22 bits per heavy atom. The third-order valence-corrected chi connectivity index (χ3v) is 4.14. The number of nitrogens with two attached hydrogens (primary N) is 1. The van der Waals surface area contributed by atoms with Gasteiger partial charge in [-0.05, 0) is 28.9 Å². The Morgan fingerprint density at radius 1 is 1.52 bits per heavy atom. The van der Waals surface area contributed by atoms with Crippen molar-refractivity contribution in [3.8, 4) is 11.8 Å².